The minimum absolute atomic E-state index is 0.0911. The Morgan fingerprint density at radius 3 is 0.951 bits per heavy atom. The Morgan fingerprint density at radius 1 is 0.402 bits per heavy atom. The summed E-state index contributed by atoms with van der Waals surface area (Å²) < 4.78 is 413. The summed E-state index contributed by atoms with van der Waals surface area (Å²) in [7, 11) is -11.6. The summed E-state index contributed by atoms with van der Waals surface area (Å²) in [5, 5.41) is 18.5. The van der Waals surface area contributed by atoms with E-state index in [9.17, 15) is 156 Å². The maximum Gasteiger partial charge on any atom is 0.429 e. The lowest BCUT2D eigenvalue weighted by Crippen LogP contribution is -2.65. The molecule has 44 heteroatoms. The van der Waals surface area contributed by atoms with E-state index < -0.39 is 199 Å². The minimum atomic E-state index is -7.40. The molecule has 82 heavy (non-hydrogen) atoms. The van der Waals surface area contributed by atoms with Crippen LogP contribution in [0.4, 0.5) is 105 Å². The highest BCUT2D eigenvalue weighted by Crippen LogP contribution is 2.54. The van der Waals surface area contributed by atoms with E-state index >= 15 is 0 Å². The Hall–Kier alpha value is -5.70. The lowest BCUT2D eigenvalue weighted by molar-refractivity contribution is -0.554. The molecule has 0 heterocycles. The molecule has 0 spiro atoms. The van der Waals surface area contributed by atoms with E-state index in [4.69, 9.17) is 5.11 Å². The fraction of sp³-hybridized carbons (Fsp3) is 0.579. The highest BCUT2D eigenvalue weighted by molar-refractivity contribution is 7.86. The number of esters is 4. The van der Waals surface area contributed by atoms with Crippen LogP contribution in [0, 0.1) is 0 Å². The lowest BCUT2D eigenvalue weighted by Gasteiger charge is -2.41. The Bertz CT molecular complexity index is 2830. The molecule has 0 aromatic heterocycles. The molecule has 0 aliphatic rings. The van der Waals surface area contributed by atoms with E-state index in [1.54, 1.807) is 0 Å². The van der Waals surface area contributed by atoms with Crippen LogP contribution in [0.2, 0.25) is 0 Å². The van der Waals surface area contributed by atoms with E-state index in [1.165, 1.54) is 0 Å². The largest absolute Gasteiger partial charge is 0.462 e. The van der Waals surface area contributed by atoms with Crippen LogP contribution in [0.3, 0.4) is 0 Å². The van der Waals surface area contributed by atoms with Crippen LogP contribution in [0.15, 0.2) is 46.2 Å². The fourth-order valence-electron chi connectivity index (χ4n) is 6.20. The zero-order valence-electron chi connectivity index (χ0n) is 39.3. The maximum absolute atomic E-state index is 14.5. The van der Waals surface area contributed by atoms with E-state index in [-0.39, 0.29) is 50.2 Å². The molecular formula is C38H30F24O18S2. The third-order valence-electron chi connectivity index (χ3n) is 10.5. The van der Waals surface area contributed by atoms with Crippen LogP contribution in [-0.4, -0.2) is 157 Å². The molecule has 0 aliphatic carbocycles. The standard InChI is InChI=1S/C38H30F24O18S2/c1-15(13-28(68,33(45,46)47)34(48,49)50)77-25(65)19-8-20(12-22(11-19)82(72,73)74)26(66)78-16(2)14-30(37(57,58)59,38(60,61)62)80-79-29(35(51,52)53,36(54,55)56)4-6-76-24(64)18-7-17(9-21(10-18)81(69,70)71)23(63)75-5-3-27(67,31(39,40)41)32(42,43)44/h7-12,15-16,67-68H,3-6,13-14H2,1-2H3,(H,69,70,71)(H,72,73,74). The highest BCUT2D eigenvalue weighted by Gasteiger charge is 2.79. The summed E-state index contributed by atoms with van der Waals surface area (Å²) in [5.41, 5.74) is -30.9. The maximum atomic E-state index is 14.5. The molecule has 0 amide bonds. The first-order valence-electron chi connectivity index (χ1n) is 20.5. The third kappa shape index (κ3) is 16.1. The molecule has 0 aliphatic heterocycles. The van der Waals surface area contributed by atoms with Crippen molar-refractivity contribution in [2.45, 2.75) is 133 Å². The van der Waals surface area contributed by atoms with E-state index in [0.29, 0.717) is 0 Å². The number of hydrogen-bond acceptors (Lipinski definition) is 16. The number of halogens is 24. The quantitative estimate of drug-likeness (QED) is 0.0226. The molecule has 0 saturated heterocycles. The summed E-state index contributed by atoms with van der Waals surface area (Å²) in [5.74, 6) is -9.56. The Kier molecular flexibility index (Phi) is 21.0. The first kappa shape index (κ1) is 72.4. The van der Waals surface area contributed by atoms with Crippen LogP contribution in [0.5, 0.6) is 0 Å². The minimum Gasteiger partial charge on any atom is -0.462 e. The second kappa shape index (κ2) is 23.7. The molecule has 2 atom stereocenters. The van der Waals surface area contributed by atoms with Gasteiger partial charge in [0.2, 0.25) is 0 Å². The SMILES string of the molecule is CC(CC(O)(C(F)(F)F)C(F)(F)F)OC(=O)c1cc(C(=O)OC(C)CC(OOC(CCOC(=O)c2cc(C(=O)OCCC(O)(C(F)(F)F)C(F)(F)F)cc(S(=O)(=O)O)c2)(C(F)(F)F)C(F)(F)F)(C(F)(F)F)C(F)(F)F)cc(S(=O)(=O)O)c1. The van der Waals surface area contributed by atoms with Gasteiger partial charge in [-0.3, -0.25) is 9.11 Å². The van der Waals surface area contributed by atoms with E-state index in [1.807, 2.05) is 0 Å². The average Bonchev–Trinajstić information content (AvgIpc) is 3.25. The average molecular weight is 1290 g/mol. The van der Waals surface area contributed by atoms with Crippen molar-refractivity contribution in [3.05, 3.63) is 58.7 Å². The van der Waals surface area contributed by atoms with Crippen molar-refractivity contribution in [1.29, 1.82) is 0 Å². The van der Waals surface area contributed by atoms with Crippen LogP contribution in [-0.2, 0) is 49.0 Å². The van der Waals surface area contributed by atoms with Gasteiger partial charge in [-0.05, 0) is 50.2 Å². The van der Waals surface area contributed by atoms with Crippen molar-refractivity contribution in [1.82, 2.24) is 0 Å². The Balaban J connectivity index is 2.59. The summed E-state index contributed by atoms with van der Waals surface area (Å²) >= 11 is 0. The van der Waals surface area contributed by atoms with Gasteiger partial charge in [0.15, 0.2) is 0 Å². The van der Waals surface area contributed by atoms with Gasteiger partial charge in [-0.25, -0.2) is 29.0 Å². The van der Waals surface area contributed by atoms with Crippen LogP contribution >= 0.6 is 0 Å². The Morgan fingerprint density at radius 2 is 0.671 bits per heavy atom. The van der Waals surface area contributed by atoms with E-state index in [0.717, 1.165) is 0 Å². The molecule has 0 radical (unpaired) electrons. The van der Waals surface area contributed by atoms with Gasteiger partial charge in [-0.2, -0.15) is 122 Å². The summed E-state index contributed by atoms with van der Waals surface area (Å²) in [4.78, 5) is 53.3. The molecule has 0 fully saturated rings. The molecule has 18 nitrogen and oxygen atoms in total. The van der Waals surface area contributed by atoms with Gasteiger partial charge in [0.1, 0.15) is 12.2 Å². The van der Waals surface area contributed by atoms with Gasteiger partial charge >= 0.3 is 73.3 Å². The predicted octanol–water partition coefficient (Wildman–Crippen LogP) is 9.23. The van der Waals surface area contributed by atoms with Gasteiger partial charge in [-0.15, -0.1) is 0 Å². The van der Waals surface area contributed by atoms with Gasteiger partial charge in [0, 0.05) is 25.7 Å². The molecule has 2 unspecified atom stereocenters. The predicted molar refractivity (Wildman–Crippen MR) is 207 cm³/mol. The zero-order valence-corrected chi connectivity index (χ0v) is 40.9. The van der Waals surface area contributed by atoms with Crippen molar-refractivity contribution in [2.24, 2.45) is 0 Å². The third-order valence-corrected chi connectivity index (χ3v) is 12.2. The molecule has 2 rings (SSSR count). The number of aliphatic hydroxyl groups is 2. The monoisotopic (exact) mass is 1290 g/mol. The molecule has 2 aromatic rings. The number of rotatable bonds is 21. The van der Waals surface area contributed by atoms with E-state index in [2.05, 4.69) is 28.7 Å². The van der Waals surface area contributed by atoms with Crippen molar-refractivity contribution in [3.63, 3.8) is 0 Å². The number of hydrogen-bond donors (Lipinski definition) is 4. The van der Waals surface area contributed by atoms with Gasteiger partial charge in [0.05, 0.1) is 45.3 Å². The molecule has 470 valence electrons. The summed E-state index contributed by atoms with van der Waals surface area (Å²) in [6.07, 6.45) is -73.5. The smallest absolute Gasteiger partial charge is 0.429 e. The van der Waals surface area contributed by atoms with Crippen LogP contribution < -0.4 is 0 Å². The highest BCUT2D eigenvalue weighted by atomic mass is 32.2. The van der Waals surface area contributed by atoms with Gasteiger partial charge in [0.25, 0.3) is 42.6 Å². The number of ether oxygens (including phenoxy) is 4. The summed E-state index contributed by atoms with van der Waals surface area (Å²) in [6.45, 7) is -4.58. The number of benzene rings is 2. The second-order valence-corrected chi connectivity index (χ2v) is 19.4. The van der Waals surface area contributed by atoms with Gasteiger partial charge < -0.3 is 29.2 Å². The zero-order chi connectivity index (χ0) is 64.7. The fourth-order valence-corrected chi connectivity index (χ4v) is 7.30. The molecule has 0 bridgehead atoms. The topological polar surface area (TPSA) is 273 Å². The molecule has 4 N–H and O–H groups in total. The first-order chi connectivity index (χ1) is 36.2. The number of carbonyl (C=O) groups excluding carboxylic acids is 4. The molecule has 2 aromatic carbocycles. The van der Waals surface area contributed by atoms with Crippen molar-refractivity contribution < 1.29 is 189 Å². The van der Waals surface area contributed by atoms with Crippen molar-refractivity contribution in [3.8, 4) is 0 Å². The molecular weight excluding hydrogens is 1260 g/mol. The second-order valence-electron chi connectivity index (χ2n) is 16.6. The number of carbonyl (C=O) groups is 4. The van der Waals surface area contributed by atoms with Crippen molar-refractivity contribution in [2.75, 3.05) is 13.2 Å². The first-order valence-corrected chi connectivity index (χ1v) is 23.4. The lowest BCUT2D eigenvalue weighted by atomic mass is 9.94. The molecule has 0 saturated carbocycles. The normalized spacial score (nSPS) is 15.1. The van der Waals surface area contributed by atoms with Crippen LogP contribution in [0.25, 0.3) is 0 Å². The number of alkyl halides is 24. The van der Waals surface area contributed by atoms with Crippen LogP contribution in [0.1, 0.15) is 81.0 Å². The van der Waals surface area contributed by atoms with Gasteiger partial charge in [-0.1, -0.05) is 0 Å². The Labute approximate surface area is 438 Å². The van der Waals surface area contributed by atoms with Crippen molar-refractivity contribution >= 4 is 44.1 Å². The summed E-state index contributed by atoms with van der Waals surface area (Å²) in [6, 6.07) is -0.734.